The van der Waals surface area contributed by atoms with Gasteiger partial charge in [-0.05, 0) is 32.3 Å². The van der Waals surface area contributed by atoms with Crippen molar-refractivity contribution in [1.29, 1.82) is 0 Å². The molecule has 2 atom stereocenters. The zero-order valence-corrected chi connectivity index (χ0v) is 13.4. The summed E-state index contributed by atoms with van der Waals surface area (Å²) in [6.45, 7) is 6.30. The van der Waals surface area contributed by atoms with Crippen LogP contribution >= 0.6 is 0 Å². The second-order valence-electron chi connectivity index (χ2n) is 6.27. The number of carbonyl (C=O) groups excluding carboxylic acids is 2. The summed E-state index contributed by atoms with van der Waals surface area (Å²) < 4.78 is 0. The number of aliphatic hydroxyl groups is 1. The predicted octanol–water partition coefficient (Wildman–Crippen LogP) is 1.88. The van der Waals surface area contributed by atoms with E-state index < -0.39 is 6.10 Å². The molecule has 0 aromatic heterocycles. The topological polar surface area (TPSA) is 60.9 Å². The smallest absolute Gasteiger partial charge is 0.259 e. The molecule has 5 heteroatoms. The zero-order chi connectivity index (χ0) is 16.6. The van der Waals surface area contributed by atoms with Crippen LogP contribution in [-0.2, 0) is 4.79 Å². The molecule has 2 heterocycles. The number of likely N-dealkylation sites (tertiary alicyclic amines) is 1. The van der Waals surface area contributed by atoms with Crippen LogP contribution in [0.2, 0.25) is 0 Å². The molecule has 2 amide bonds. The lowest BCUT2D eigenvalue weighted by atomic mass is 9.98. The van der Waals surface area contributed by atoms with Crippen LogP contribution in [0.5, 0.6) is 0 Å². The summed E-state index contributed by atoms with van der Waals surface area (Å²) in [6.07, 6.45) is 2.19. The van der Waals surface area contributed by atoms with Gasteiger partial charge in [-0.15, -0.1) is 0 Å². The van der Waals surface area contributed by atoms with E-state index in [1.807, 2.05) is 18.2 Å². The number of piperidine rings is 1. The molecule has 1 N–H and O–H groups in total. The molecule has 1 aromatic rings. The highest BCUT2D eigenvalue weighted by Gasteiger charge is 2.35. The number of rotatable bonds is 3. The summed E-state index contributed by atoms with van der Waals surface area (Å²) in [6, 6.07) is 7.11. The van der Waals surface area contributed by atoms with Gasteiger partial charge in [0.05, 0.1) is 12.1 Å². The standard InChI is InChI=1S/C18H22N2O3/c1-12-14-7-3-4-8-15(14)18(23)20(12)11-17(22)19-10-6-5-9-16(19)13(2)21/h3-4,7-8,13,16,21H,1,5-6,9-11H2,2H3. The third-order valence-corrected chi connectivity index (χ3v) is 4.76. The van der Waals surface area contributed by atoms with E-state index >= 15 is 0 Å². The van der Waals surface area contributed by atoms with Gasteiger partial charge in [0.25, 0.3) is 5.91 Å². The Morgan fingerprint density at radius 3 is 2.70 bits per heavy atom. The number of nitrogens with zero attached hydrogens (tertiary/aromatic N) is 2. The second-order valence-corrected chi connectivity index (χ2v) is 6.27. The van der Waals surface area contributed by atoms with E-state index in [1.165, 1.54) is 4.90 Å². The molecular weight excluding hydrogens is 292 g/mol. The number of fused-ring (bicyclic) bond motifs is 1. The van der Waals surface area contributed by atoms with Gasteiger partial charge in [-0.3, -0.25) is 14.5 Å². The maximum atomic E-state index is 12.7. The first kappa shape index (κ1) is 15.7. The maximum Gasteiger partial charge on any atom is 0.259 e. The summed E-state index contributed by atoms with van der Waals surface area (Å²) in [7, 11) is 0. The minimum absolute atomic E-state index is 0.0183. The molecular formula is C18H22N2O3. The highest BCUT2D eigenvalue weighted by atomic mass is 16.3. The Kier molecular flexibility index (Phi) is 4.22. The third-order valence-electron chi connectivity index (χ3n) is 4.76. The van der Waals surface area contributed by atoms with E-state index in [4.69, 9.17) is 0 Å². The van der Waals surface area contributed by atoms with E-state index in [2.05, 4.69) is 6.58 Å². The van der Waals surface area contributed by atoms with Gasteiger partial charge in [0.15, 0.2) is 0 Å². The Morgan fingerprint density at radius 2 is 2.04 bits per heavy atom. The average Bonchev–Trinajstić information content (AvgIpc) is 2.80. The van der Waals surface area contributed by atoms with Crippen molar-refractivity contribution in [2.75, 3.05) is 13.1 Å². The van der Waals surface area contributed by atoms with E-state index in [9.17, 15) is 14.7 Å². The lowest BCUT2D eigenvalue weighted by Gasteiger charge is -2.38. The number of carbonyl (C=O) groups is 2. The highest BCUT2D eigenvalue weighted by Crippen LogP contribution is 2.31. The van der Waals surface area contributed by atoms with Crippen LogP contribution in [0.25, 0.3) is 5.70 Å². The van der Waals surface area contributed by atoms with Gasteiger partial charge >= 0.3 is 0 Å². The first-order valence-electron chi connectivity index (χ1n) is 8.08. The summed E-state index contributed by atoms with van der Waals surface area (Å²) in [5, 5.41) is 9.91. The number of hydrogen-bond acceptors (Lipinski definition) is 3. The van der Waals surface area contributed by atoms with Crippen molar-refractivity contribution in [2.24, 2.45) is 0 Å². The molecule has 2 unspecified atom stereocenters. The van der Waals surface area contributed by atoms with Crippen molar-refractivity contribution in [1.82, 2.24) is 9.80 Å². The minimum atomic E-state index is -0.561. The summed E-state index contributed by atoms with van der Waals surface area (Å²) in [5.41, 5.74) is 1.96. The summed E-state index contributed by atoms with van der Waals surface area (Å²) in [4.78, 5) is 28.3. The highest BCUT2D eigenvalue weighted by molar-refractivity contribution is 6.10. The quantitative estimate of drug-likeness (QED) is 0.926. The number of amides is 2. The van der Waals surface area contributed by atoms with Crippen molar-refractivity contribution < 1.29 is 14.7 Å². The van der Waals surface area contributed by atoms with Crippen molar-refractivity contribution >= 4 is 17.5 Å². The van der Waals surface area contributed by atoms with Crippen molar-refractivity contribution in [2.45, 2.75) is 38.3 Å². The molecule has 122 valence electrons. The van der Waals surface area contributed by atoms with Crippen LogP contribution in [-0.4, -0.2) is 52.0 Å². The Labute approximate surface area is 136 Å². The van der Waals surface area contributed by atoms with E-state index in [-0.39, 0.29) is 24.4 Å². The Morgan fingerprint density at radius 1 is 1.35 bits per heavy atom. The van der Waals surface area contributed by atoms with Crippen molar-refractivity contribution in [3.63, 3.8) is 0 Å². The molecule has 0 bridgehead atoms. The van der Waals surface area contributed by atoms with E-state index in [1.54, 1.807) is 17.9 Å². The van der Waals surface area contributed by atoms with Crippen LogP contribution in [0.1, 0.15) is 42.1 Å². The van der Waals surface area contributed by atoms with Crippen LogP contribution < -0.4 is 0 Å². The lowest BCUT2D eigenvalue weighted by molar-refractivity contribution is -0.137. The fraction of sp³-hybridized carbons (Fsp3) is 0.444. The van der Waals surface area contributed by atoms with Crippen LogP contribution in [0.15, 0.2) is 30.8 Å². The van der Waals surface area contributed by atoms with Crippen LogP contribution in [0.4, 0.5) is 0 Å². The van der Waals surface area contributed by atoms with Gasteiger partial charge < -0.3 is 10.0 Å². The van der Waals surface area contributed by atoms with Gasteiger partial charge in [-0.2, -0.15) is 0 Å². The Balaban J connectivity index is 1.76. The molecule has 2 aliphatic rings. The normalized spacial score (nSPS) is 22.3. The number of benzene rings is 1. The van der Waals surface area contributed by atoms with Gasteiger partial charge in [0, 0.05) is 23.4 Å². The Bertz CT molecular complexity index is 618. The fourth-order valence-electron chi connectivity index (χ4n) is 3.50. The summed E-state index contributed by atoms with van der Waals surface area (Å²) in [5.74, 6) is -0.303. The molecule has 3 rings (SSSR count). The average molecular weight is 314 g/mol. The SMILES string of the molecule is C=C1c2ccccc2C(=O)N1CC(=O)N1CCCCC1C(C)O. The van der Waals surface area contributed by atoms with Crippen molar-refractivity contribution in [3.05, 3.63) is 42.0 Å². The molecule has 1 saturated heterocycles. The molecule has 5 nitrogen and oxygen atoms in total. The third kappa shape index (κ3) is 2.77. The molecule has 0 saturated carbocycles. The van der Waals surface area contributed by atoms with Gasteiger partial charge in [-0.1, -0.05) is 24.8 Å². The minimum Gasteiger partial charge on any atom is -0.391 e. The molecule has 23 heavy (non-hydrogen) atoms. The first-order chi connectivity index (χ1) is 11.0. The first-order valence-corrected chi connectivity index (χ1v) is 8.08. The van der Waals surface area contributed by atoms with Crippen LogP contribution in [0, 0.1) is 0 Å². The fourth-order valence-corrected chi connectivity index (χ4v) is 3.50. The monoisotopic (exact) mass is 314 g/mol. The molecule has 2 aliphatic heterocycles. The molecule has 0 spiro atoms. The molecule has 0 radical (unpaired) electrons. The second kappa shape index (κ2) is 6.16. The predicted molar refractivity (Wildman–Crippen MR) is 87.5 cm³/mol. The van der Waals surface area contributed by atoms with Gasteiger partial charge in [-0.25, -0.2) is 0 Å². The molecule has 0 aliphatic carbocycles. The van der Waals surface area contributed by atoms with Gasteiger partial charge in [0.1, 0.15) is 6.54 Å². The Hall–Kier alpha value is -2.14. The van der Waals surface area contributed by atoms with Crippen LogP contribution in [0.3, 0.4) is 0 Å². The van der Waals surface area contributed by atoms with E-state index in [0.29, 0.717) is 17.8 Å². The zero-order valence-electron chi connectivity index (χ0n) is 13.4. The lowest BCUT2D eigenvalue weighted by Crippen LogP contribution is -2.51. The molecule has 1 fully saturated rings. The molecule has 1 aromatic carbocycles. The van der Waals surface area contributed by atoms with Crippen molar-refractivity contribution in [3.8, 4) is 0 Å². The largest absolute Gasteiger partial charge is 0.391 e. The maximum absolute atomic E-state index is 12.7. The number of hydrogen-bond donors (Lipinski definition) is 1. The van der Waals surface area contributed by atoms with Gasteiger partial charge in [0.2, 0.25) is 5.91 Å². The number of aliphatic hydroxyl groups excluding tert-OH is 1. The van der Waals surface area contributed by atoms with E-state index in [0.717, 1.165) is 24.8 Å². The summed E-state index contributed by atoms with van der Waals surface area (Å²) >= 11 is 0.